The van der Waals surface area contributed by atoms with E-state index in [0.29, 0.717) is 22.8 Å². The van der Waals surface area contributed by atoms with E-state index in [9.17, 15) is 15.0 Å². The second-order valence-corrected chi connectivity index (χ2v) is 8.16. The van der Waals surface area contributed by atoms with E-state index >= 15 is 0 Å². The van der Waals surface area contributed by atoms with Gasteiger partial charge in [0, 0.05) is 23.9 Å². The van der Waals surface area contributed by atoms with Gasteiger partial charge in [0.2, 0.25) is 5.78 Å². The zero-order valence-electron chi connectivity index (χ0n) is 17.4. The van der Waals surface area contributed by atoms with Crippen LogP contribution in [-0.4, -0.2) is 21.7 Å². The van der Waals surface area contributed by atoms with Crippen molar-refractivity contribution < 1.29 is 15.0 Å². The summed E-state index contributed by atoms with van der Waals surface area (Å²) in [5.41, 5.74) is 3.88. The van der Waals surface area contributed by atoms with E-state index in [2.05, 4.69) is 15.6 Å². The molecule has 0 heterocycles. The van der Waals surface area contributed by atoms with E-state index in [1.807, 2.05) is 31.2 Å². The Morgan fingerprint density at radius 3 is 2.15 bits per heavy atom. The lowest BCUT2D eigenvalue weighted by Gasteiger charge is -2.20. The van der Waals surface area contributed by atoms with Crippen LogP contribution in [0.3, 0.4) is 0 Å². The smallest absolute Gasteiger partial charge is 0.204 e. The van der Waals surface area contributed by atoms with Crippen molar-refractivity contribution in [1.29, 1.82) is 0 Å². The van der Waals surface area contributed by atoms with Crippen LogP contribution in [0.2, 0.25) is 10.0 Å². The number of phenolic OH excluding ortho intramolecular Hbond substituents is 2. The highest BCUT2D eigenvalue weighted by Crippen LogP contribution is 2.32. The number of nitrogens with one attached hydrogen (secondary N) is 2. The fourth-order valence-electron chi connectivity index (χ4n) is 3.18. The average molecular weight is 480 g/mol. The van der Waals surface area contributed by atoms with Crippen LogP contribution in [0.4, 0.5) is 17.1 Å². The molecule has 3 aromatic carbocycles. The molecule has 1 aliphatic carbocycles. The number of aryl methyl sites for hydroxylation is 1. The molecule has 0 aromatic heterocycles. The number of benzene rings is 3. The van der Waals surface area contributed by atoms with Crippen LogP contribution in [0.25, 0.3) is 0 Å². The molecule has 166 valence electrons. The second-order valence-electron chi connectivity index (χ2n) is 7.34. The van der Waals surface area contributed by atoms with Gasteiger partial charge in [-0.15, -0.1) is 0 Å². The number of aromatic hydroxyl groups is 2. The van der Waals surface area contributed by atoms with Crippen LogP contribution < -0.4 is 10.6 Å². The minimum absolute atomic E-state index is 0.0170. The van der Waals surface area contributed by atoms with Crippen LogP contribution in [0.1, 0.15) is 5.56 Å². The molecule has 0 unspecified atom stereocenters. The number of allylic oxidation sites excluding steroid dienone is 2. The Labute approximate surface area is 200 Å². The first-order chi connectivity index (χ1) is 15.8. The predicted octanol–water partition coefficient (Wildman–Crippen LogP) is 6.36. The van der Waals surface area contributed by atoms with Crippen molar-refractivity contribution >= 4 is 51.8 Å². The molecule has 4 N–H and O–H groups in total. The lowest BCUT2D eigenvalue weighted by atomic mass is 10.0. The summed E-state index contributed by atoms with van der Waals surface area (Å²) in [6.45, 7) is 1.96. The van der Waals surface area contributed by atoms with Gasteiger partial charge in [0.25, 0.3) is 0 Å². The van der Waals surface area contributed by atoms with E-state index in [4.69, 9.17) is 23.2 Å². The van der Waals surface area contributed by atoms with Crippen LogP contribution in [-0.2, 0) is 4.79 Å². The maximum absolute atomic E-state index is 12.9. The second kappa shape index (κ2) is 9.40. The summed E-state index contributed by atoms with van der Waals surface area (Å²) in [5, 5.41) is 26.0. The summed E-state index contributed by atoms with van der Waals surface area (Å²) in [4.78, 5) is 17.5. The van der Waals surface area contributed by atoms with Gasteiger partial charge in [0.1, 0.15) is 11.5 Å². The molecule has 8 heteroatoms. The standard InChI is InChI=1S/C25H19Cl2N3O3/c1-14-4-2-3-5-19(14)28-23-13-25(33)24(30-21-9-7-16(32)11-18(21)27)12-22(23)29-20-8-6-15(31)10-17(20)26/h2-13,28,30-32H,1H3/b29-22-. The molecule has 0 saturated heterocycles. The third-order valence-electron chi connectivity index (χ3n) is 4.91. The first-order valence-corrected chi connectivity index (χ1v) is 10.7. The van der Waals surface area contributed by atoms with E-state index in [-0.39, 0.29) is 33.0 Å². The Morgan fingerprint density at radius 2 is 1.45 bits per heavy atom. The molecular formula is C25H19Cl2N3O3. The van der Waals surface area contributed by atoms with Crippen molar-refractivity contribution in [3.05, 3.63) is 99.8 Å². The monoisotopic (exact) mass is 479 g/mol. The molecular weight excluding hydrogens is 461 g/mol. The van der Waals surface area contributed by atoms with E-state index in [1.54, 1.807) is 18.2 Å². The van der Waals surface area contributed by atoms with Crippen LogP contribution in [0.15, 0.2) is 89.2 Å². The zero-order chi connectivity index (χ0) is 23.5. The third-order valence-corrected chi connectivity index (χ3v) is 5.52. The highest BCUT2D eigenvalue weighted by atomic mass is 35.5. The molecule has 33 heavy (non-hydrogen) atoms. The van der Waals surface area contributed by atoms with Gasteiger partial charge in [-0.25, -0.2) is 4.99 Å². The largest absolute Gasteiger partial charge is 0.508 e. The Hall–Kier alpha value is -3.74. The highest BCUT2D eigenvalue weighted by Gasteiger charge is 2.21. The topological polar surface area (TPSA) is 94.0 Å². The molecule has 0 atom stereocenters. The van der Waals surface area contributed by atoms with Gasteiger partial charge in [-0.05, 0) is 48.9 Å². The van der Waals surface area contributed by atoms with Gasteiger partial charge in [0.15, 0.2) is 0 Å². The van der Waals surface area contributed by atoms with Crippen LogP contribution >= 0.6 is 23.2 Å². The predicted molar refractivity (Wildman–Crippen MR) is 133 cm³/mol. The molecule has 0 bridgehead atoms. The minimum atomic E-state index is -0.286. The minimum Gasteiger partial charge on any atom is -0.508 e. The Balaban J connectivity index is 1.75. The molecule has 0 radical (unpaired) electrons. The number of carbonyl (C=O) groups is 1. The molecule has 6 nitrogen and oxygen atoms in total. The maximum atomic E-state index is 12.9. The van der Waals surface area contributed by atoms with E-state index in [0.717, 1.165) is 11.3 Å². The number of hydrogen-bond donors (Lipinski definition) is 4. The first kappa shape index (κ1) is 22.5. The lowest BCUT2D eigenvalue weighted by Crippen LogP contribution is -2.22. The van der Waals surface area contributed by atoms with Crippen molar-refractivity contribution in [2.75, 3.05) is 10.6 Å². The molecule has 1 aliphatic rings. The molecule has 0 spiro atoms. The number of para-hydroxylation sites is 1. The van der Waals surface area contributed by atoms with Crippen molar-refractivity contribution in [2.45, 2.75) is 6.92 Å². The Kier molecular flexibility index (Phi) is 6.40. The van der Waals surface area contributed by atoms with Crippen molar-refractivity contribution in [3.63, 3.8) is 0 Å². The number of aliphatic imine (C=N–C) groups is 1. The summed E-state index contributed by atoms with van der Waals surface area (Å²) in [6.07, 6.45) is 3.03. The molecule has 0 saturated carbocycles. The maximum Gasteiger partial charge on any atom is 0.204 e. The van der Waals surface area contributed by atoms with Crippen molar-refractivity contribution in [3.8, 4) is 11.5 Å². The normalized spacial score (nSPS) is 14.6. The van der Waals surface area contributed by atoms with Gasteiger partial charge in [-0.3, -0.25) is 4.79 Å². The number of carbonyl (C=O) groups excluding carboxylic acids is 1. The molecule has 4 rings (SSSR count). The number of rotatable bonds is 5. The van der Waals surface area contributed by atoms with Crippen LogP contribution in [0.5, 0.6) is 11.5 Å². The summed E-state index contributed by atoms with van der Waals surface area (Å²) in [6, 6.07) is 16.6. The summed E-state index contributed by atoms with van der Waals surface area (Å²) >= 11 is 12.5. The number of phenols is 2. The van der Waals surface area contributed by atoms with E-state index in [1.165, 1.54) is 30.3 Å². The van der Waals surface area contributed by atoms with E-state index < -0.39 is 0 Å². The number of hydrogen-bond acceptors (Lipinski definition) is 6. The molecule has 3 aromatic rings. The number of halogens is 2. The summed E-state index contributed by atoms with van der Waals surface area (Å²) < 4.78 is 0. The van der Waals surface area contributed by atoms with Gasteiger partial charge >= 0.3 is 0 Å². The quantitative estimate of drug-likeness (QED) is 0.252. The number of anilines is 2. The Morgan fingerprint density at radius 1 is 0.788 bits per heavy atom. The summed E-state index contributed by atoms with van der Waals surface area (Å²) in [5.74, 6) is -0.245. The highest BCUT2D eigenvalue weighted by molar-refractivity contribution is 6.34. The molecule has 0 fully saturated rings. The Bertz CT molecular complexity index is 1350. The first-order valence-electron chi connectivity index (χ1n) is 9.93. The van der Waals surface area contributed by atoms with Crippen molar-refractivity contribution in [2.24, 2.45) is 4.99 Å². The molecule has 0 aliphatic heterocycles. The zero-order valence-corrected chi connectivity index (χ0v) is 18.9. The average Bonchev–Trinajstić information content (AvgIpc) is 2.76. The third kappa shape index (κ3) is 5.19. The van der Waals surface area contributed by atoms with Gasteiger partial charge < -0.3 is 20.8 Å². The number of ketones is 1. The fraction of sp³-hybridized carbons (Fsp3) is 0.0400. The SMILES string of the molecule is Cc1ccccc1NC1=CC(=O)C(Nc2ccc(O)cc2Cl)=C/C1=N/c1ccc(O)cc1Cl. The lowest BCUT2D eigenvalue weighted by molar-refractivity contribution is -0.111. The van der Waals surface area contributed by atoms with Crippen molar-refractivity contribution in [1.82, 2.24) is 0 Å². The van der Waals surface area contributed by atoms with Gasteiger partial charge in [0.05, 0.1) is 38.5 Å². The number of nitrogens with zero attached hydrogens (tertiary/aromatic N) is 1. The van der Waals surface area contributed by atoms with Crippen LogP contribution in [0, 0.1) is 6.92 Å². The van der Waals surface area contributed by atoms with Gasteiger partial charge in [-0.1, -0.05) is 41.4 Å². The van der Waals surface area contributed by atoms with Gasteiger partial charge in [-0.2, -0.15) is 0 Å². The fourth-order valence-corrected chi connectivity index (χ4v) is 3.62. The summed E-state index contributed by atoms with van der Waals surface area (Å²) in [7, 11) is 0. The molecule has 0 amide bonds.